The van der Waals surface area contributed by atoms with E-state index in [1.54, 1.807) is 0 Å². The fraction of sp³-hybridized carbons (Fsp3) is 0.286. The summed E-state index contributed by atoms with van der Waals surface area (Å²) in [6.07, 6.45) is 0. The van der Waals surface area contributed by atoms with Crippen LogP contribution in [0.4, 0.5) is 0 Å². The first-order chi connectivity index (χ1) is 8.90. The zero-order valence-electron chi connectivity index (χ0n) is 10.8. The van der Waals surface area contributed by atoms with Crippen molar-refractivity contribution in [3.05, 3.63) is 44.1 Å². The minimum Gasteiger partial charge on any atom is -0.233 e. The Hall–Kier alpha value is -0.640. The van der Waals surface area contributed by atoms with E-state index in [9.17, 15) is 0 Å². The second kappa shape index (κ2) is 5.78. The van der Waals surface area contributed by atoms with Crippen molar-refractivity contribution in [1.29, 1.82) is 0 Å². The molecule has 2 aromatic rings. The average molecular weight is 360 g/mol. The van der Waals surface area contributed by atoms with Crippen molar-refractivity contribution in [3.63, 3.8) is 0 Å². The van der Waals surface area contributed by atoms with Gasteiger partial charge in [0.1, 0.15) is 5.15 Å². The predicted octanol–water partition coefficient (Wildman–Crippen LogP) is 5.64. The smallest absolute Gasteiger partial charge is 0.162 e. The third kappa shape index (κ3) is 3.10. The van der Waals surface area contributed by atoms with Gasteiger partial charge in [0.15, 0.2) is 5.82 Å². The van der Waals surface area contributed by atoms with Crippen LogP contribution in [0.1, 0.15) is 31.0 Å². The van der Waals surface area contributed by atoms with E-state index in [-0.39, 0.29) is 0 Å². The fourth-order valence-electron chi connectivity index (χ4n) is 1.99. The van der Waals surface area contributed by atoms with E-state index >= 15 is 0 Å². The molecule has 1 aromatic heterocycles. The molecule has 0 radical (unpaired) electrons. The van der Waals surface area contributed by atoms with Gasteiger partial charge in [-0.1, -0.05) is 53.0 Å². The van der Waals surface area contributed by atoms with Crippen LogP contribution in [0.15, 0.2) is 22.7 Å². The molecule has 0 saturated heterocycles. The zero-order chi connectivity index (χ0) is 14.2. The van der Waals surface area contributed by atoms with Crippen molar-refractivity contribution in [2.24, 2.45) is 0 Å². The largest absolute Gasteiger partial charge is 0.233 e. The maximum atomic E-state index is 6.27. The van der Waals surface area contributed by atoms with Crippen molar-refractivity contribution in [2.75, 3.05) is 0 Å². The van der Waals surface area contributed by atoms with Gasteiger partial charge >= 0.3 is 0 Å². The maximum Gasteiger partial charge on any atom is 0.162 e. The number of aryl methyl sites for hydroxylation is 1. The molecule has 0 N–H and O–H groups in total. The van der Waals surface area contributed by atoms with E-state index in [1.807, 2.05) is 25.1 Å². The molecule has 100 valence electrons. The van der Waals surface area contributed by atoms with Crippen LogP contribution in [-0.4, -0.2) is 9.97 Å². The van der Waals surface area contributed by atoms with Gasteiger partial charge in [0.2, 0.25) is 0 Å². The number of halogens is 3. The molecule has 5 heteroatoms. The van der Waals surface area contributed by atoms with Crippen LogP contribution < -0.4 is 0 Å². The van der Waals surface area contributed by atoms with Crippen LogP contribution in [0.5, 0.6) is 0 Å². The first kappa shape index (κ1) is 14.8. The number of rotatable bonds is 2. The van der Waals surface area contributed by atoms with Gasteiger partial charge in [0.25, 0.3) is 0 Å². The monoisotopic (exact) mass is 358 g/mol. The first-order valence-corrected chi connectivity index (χ1v) is 7.44. The van der Waals surface area contributed by atoms with Crippen molar-refractivity contribution in [1.82, 2.24) is 9.97 Å². The van der Waals surface area contributed by atoms with Crippen LogP contribution in [0, 0.1) is 6.92 Å². The SMILES string of the molecule is Cc1nc(-c2cc(Cl)ccc2Br)nc(Cl)c1C(C)C. The molecule has 19 heavy (non-hydrogen) atoms. The van der Waals surface area contributed by atoms with E-state index in [0.29, 0.717) is 21.9 Å². The van der Waals surface area contributed by atoms with E-state index in [4.69, 9.17) is 23.2 Å². The van der Waals surface area contributed by atoms with Crippen molar-refractivity contribution < 1.29 is 0 Å². The highest BCUT2D eigenvalue weighted by atomic mass is 79.9. The summed E-state index contributed by atoms with van der Waals surface area (Å²) in [4.78, 5) is 8.94. The minimum atomic E-state index is 0.296. The Labute approximate surface area is 131 Å². The van der Waals surface area contributed by atoms with Gasteiger partial charge in [-0.2, -0.15) is 0 Å². The fourth-order valence-corrected chi connectivity index (χ4v) is 3.02. The van der Waals surface area contributed by atoms with Crippen LogP contribution >= 0.6 is 39.1 Å². The van der Waals surface area contributed by atoms with Gasteiger partial charge in [-0.3, -0.25) is 0 Å². The van der Waals surface area contributed by atoms with Crippen LogP contribution in [-0.2, 0) is 0 Å². The van der Waals surface area contributed by atoms with Gasteiger partial charge in [-0.15, -0.1) is 0 Å². The molecule has 0 unspecified atom stereocenters. The normalized spacial score (nSPS) is 11.1. The molecule has 0 aliphatic carbocycles. The second-order valence-electron chi connectivity index (χ2n) is 4.62. The molecule has 2 nitrogen and oxygen atoms in total. The summed E-state index contributed by atoms with van der Waals surface area (Å²) in [7, 11) is 0. The number of hydrogen-bond acceptors (Lipinski definition) is 2. The Bertz CT molecular complexity index is 604. The van der Waals surface area contributed by atoms with Gasteiger partial charge in [0.05, 0.1) is 0 Å². The summed E-state index contributed by atoms with van der Waals surface area (Å²) in [5.41, 5.74) is 2.73. The summed E-state index contributed by atoms with van der Waals surface area (Å²) < 4.78 is 0.893. The molecular formula is C14H13BrCl2N2. The highest BCUT2D eigenvalue weighted by Crippen LogP contribution is 2.32. The lowest BCUT2D eigenvalue weighted by molar-refractivity contribution is 0.831. The molecule has 0 atom stereocenters. The highest BCUT2D eigenvalue weighted by Gasteiger charge is 2.15. The molecule has 1 heterocycles. The highest BCUT2D eigenvalue weighted by molar-refractivity contribution is 9.10. The van der Waals surface area contributed by atoms with E-state index in [0.717, 1.165) is 21.3 Å². The molecule has 0 fully saturated rings. The van der Waals surface area contributed by atoms with Gasteiger partial charge in [-0.05, 0) is 31.0 Å². The maximum absolute atomic E-state index is 6.27. The minimum absolute atomic E-state index is 0.296. The predicted molar refractivity (Wildman–Crippen MR) is 84.0 cm³/mol. The van der Waals surface area contributed by atoms with Crippen LogP contribution in [0.2, 0.25) is 10.2 Å². The Morgan fingerprint density at radius 2 is 1.84 bits per heavy atom. The topological polar surface area (TPSA) is 25.8 Å². The van der Waals surface area contributed by atoms with Crippen molar-refractivity contribution in [2.45, 2.75) is 26.7 Å². The molecule has 1 aromatic carbocycles. The van der Waals surface area contributed by atoms with Crippen LogP contribution in [0.3, 0.4) is 0 Å². The summed E-state index contributed by atoms with van der Waals surface area (Å²) in [6, 6.07) is 5.51. The molecule has 0 aliphatic heterocycles. The summed E-state index contributed by atoms with van der Waals surface area (Å²) >= 11 is 15.8. The quantitative estimate of drug-likeness (QED) is 0.648. The van der Waals surface area contributed by atoms with Crippen molar-refractivity contribution >= 4 is 39.1 Å². The number of hydrogen-bond donors (Lipinski definition) is 0. The lowest BCUT2D eigenvalue weighted by Gasteiger charge is -2.13. The number of nitrogens with zero attached hydrogens (tertiary/aromatic N) is 2. The number of benzene rings is 1. The lowest BCUT2D eigenvalue weighted by Crippen LogP contribution is -2.02. The molecule has 0 aliphatic rings. The Morgan fingerprint density at radius 3 is 2.42 bits per heavy atom. The first-order valence-electron chi connectivity index (χ1n) is 5.89. The van der Waals surface area contributed by atoms with Crippen LogP contribution in [0.25, 0.3) is 11.4 Å². The number of aromatic nitrogens is 2. The lowest BCUT2D eigenvalue weighted by atomic mass is 10.0. The molecule has 0 saturated carbocycles. The molecular weight excluding hydrogens is 347 g/mol. The zero-order valence-corrected chi connectivity index (χ0v) is 13.9. The molecule has 2 rings (SSSR count). The standard InChI is InChI=1S/C14H13BrCl2N2/c1-7(2)12-8(3)18-14(19-13(12)17)10-6-9(16)4-5-11(10)15/h4-7H,1-3H3. The van der Waals surface area contributed by atoms with E-state index < -0.39 is 0 Å². The van der Waals surface area contributed by atoms with Crippen molar-refractivity contribution in [3.8, 4) is 11.4 Å². The molecule has 0 amide bonds. The Morgan fingerprint density at radius 1 is 1.16 bits per heavy atom. The van der Waals surface area contributed by atoms with E-state index in [2.05, 4.69) is 39.7 Å². The molecule has 0 bridgehead atoms. The Balaban J connectivity index is 2.62. The van der Waals surface area contributed by atoms with Gasteiger partial charge in [-0.25, -0.2) is 9.97 Å². The molecule has 0 spiro atoms. The van der Waals surface area contributed by atoms with Gasteiger partial charge < -0.3 is 0 Å². The summed E-state index contributed by atoms with van der Waals surface area (Å²) in [5.74, 6) is 0.880. The average Bonchev–Trinajstić information content (AvgIpc) is 2.30. The third-order valence-electron chi connectivity index (χ3n) is 2.84. The van der Waals surface area contributed by atoms with E-state index in [1.165, 1.54) is 0 Å². The summed E-state index contributed by atoms with van der Waals surface area (Å²) in [5, 5.41) is 1.15. The summed E-state index contributed by atoms with van der Waals surface area (Å²) in [6.45, 7) is 6.10. The second-order valence-corrected chi connectivity index (χ2v) is 6.26. The third-order valence-corrected chi connectivity index (χ3v) is 4.05. The van der Waals surface area contributed by atoms with Gasteiger partial charge in [0, 0.05) is 26.3 Å². The Kier molecular flexibility index (Phi) is 4.49.